The second-order valence-corrected chi connectivity index (χ2v) is 6.10. The summed E-state index contributed by atoms with van der Waals surface area (Å²) in [6, 6.07) is 0.0705. The van der Waals surface area contributed by atoms with Crippen LogP contribution in [0.15, 0.2) is 0 Å². The highest BCUT2D eigenvalue weighted by Crippen LogP contribution is 2.39. The van der Waals surface area contributed by atoms with E-state index in [4.69, 9.17) is 4.74 Å². The second-order valence-electron chi connectivity index (χ2n) is 6.10. The topological polar surface area (TPSA) is 46.6 Å². The first-order chi connectivity index (χ1) is 7.92. The quantitative estimate of drug-likeness (QED) is 0.659. The predicted octanol–water partition coefficient (Wildman–Crippen LogP) is 2.22. The van der Waals surface area contributed by atoms with Crippen molar-refractivity contribution in [1.29, 1.82) is 0 Å². The van der Waals surface area contributed by atoms with Gasteiger partial charge in [0.2, 0.25) is 0 Å². The fourth-order valence-electron chi connectivity index (χ4n) is 2.99. The normalized spacial score (nSPS) is 32.4. The molecule has 0 N–H and O–H groups in total. The summed E-state index contributed by atoms with van der Waals surface area (Å²) in [6.45, 7) is 6.28. The average molecular weight is 239 g/mol. The summed E-state index contributed by atoms with van der Waals surface area (Å²) in [6.07, 6.45) is 3.86. The van der Waals surface area contributed by atoms with E-state index in [0.717, 1.165) is 25.5 Å². The largest absolute Gasteiger partial charge is 0.444 e. The Hall–Kier alpha value is -1.06. The molecular weight excluding hydrogens is 218 g/mol. The molecule has 0 aromatic rings. The summed E-state index contributed by atoms with van der Waals surface area (Å²) in [5, 5.41) is 0. The number of aldehydes is 1. The number of hydrogen-bond donors (Lipinski definition) is 0. The van der Waals surface area contributed by atoms with Gasteiger partial charge in [0, 0.05) is 18.5 Å². The molecule has 1 saturated heterocycles. The molecule has 1 amide bonds. The van der Waals surface area contributed by atoms with E-state index >= 15 is 0 Å². The molecule has 2 bridgehead atoms. The summed E-state index contributed by atoms with van der Waals surface area (Å²) in [4.78, 5) is 24.9. The number of rotatable bonds is 1. The molecule has 4 nitrogen and oxygen atoms in total. The molecule has 2 fully saturated rings. The number of nitrogens with zero attached hydrogens (tertiary/aromatic N) is 1. The van der Waals surface area contributed by atoms with Gasteiger partial charge in [0.25, 0.3) is 0 Å². The van der Waals surface area contributed by atoms with Gasteiger partial charge < -0.3 is 14.4 Å². The van der Waals surface area contributed by atoms with E-state index in [1.54, 1.807) is 4.90 Å². The molecule has 0 spiro atoms. The lowest BCUT2D eigenvalue weighted by Crippen LogP contribution is -2.41. The van der Waals surface area contributed by atoms with Crippen LogP contribution in [0.2, 0.25) is 0 Å². The SMILES string of the molecule is CC(C)(C)OC(=O)N1C[C@H]2CCC[C@H]1[C@H]2C=O. The molecule has 1 saturated carbocycles. The number of carbonyl (C=O) groups is 2. The highest BCUT2D eigenvalue weighted by molar-refractivity contribution is 5.71. The highest BCUT2D eigenvalue weighted by Gasteiger charge is 2.46. The molecule has 3 atom stereocenters. The first-order valence-electron chi connectivity index (χ1n) is 6.37. The molecule has 4 heteroatoms. The van der Waals surface area contributed by atoms with E-state index in [1.807, 2.05) is 20.8 Å². The molecule has 2 aliphatic rings. The van der Waals surface area contributed by atoms with Crippen LogP contribution in [0.5, 0.6) is 0 Å². The summed E-state index contributed by atoms with van der Waals surface area (Å²) < 4.78 is 5.39. The monoisotopic (exact) mass is 239 g/mol. The Morgan fingerprint density at radius 1 is 1.35 bits per heavy atom. The van der Waals surface area contributed by atoms with Crippen molar-refractivity contribution < 1.29 is 14.3 Å². The number of carbonyl (C=O) groups excluding carboxylic acids is 2. The van der Waals surface area contributed by atoms with Crippen molar-refractivity contribution in [3.05, 3.63) is 0 Å². The minimum Gasteiger partial charge on any atom is -0.444 e. The van der Waals surface area contributed by atoms with Crippen molar-refractivity contribution in [3.8, 4) is 0 Å². The Bertz CT molecular complexity index is 321. The van der Waals surface area contributed by atoms with E-state index in [1.165, 1.54) is 0 Å². The Morgan fingerprint density at radius 3 is 2.59 bits per heavy atom. The molecule has 1 aliphatic carbocycles. The van der Waals surface area contributed by atoms with Crippen molar-refractivity contribution >= 4 is 12.4 Å². The van der Waals surface area contributed by atoms with Gasteiger partial charge in [-0.3, -0.25) is 0 Å². The molecule has 1 aliphatic heterocycles. The highest BCUT2D eigenvalue weighted by atomic mass is 16.6. The molecule has 2 rings (SSSR count). The van der Waals surface area contributed by atoms with E-state index < -0.39 is 5.60 Å². The van der Waals surface area contributed by atoms with Crippen LogP contribution in [0.25, 0.3) is 0 Å². The summed E-state index contributed by atoms with van der Waals surface area (Å²) in [7, 11) is 0. The maximum absolute atomic E-state index is 12.1. The minimum atomic E-state index is -0.468. The van der Waals surface area contributed by atoms with Crippen molar-refractivity contribution in [2.45, 2.75) is 51.7 Å². The molecule has 0 aromatic heterocycles. The van der Waals surface area contributed by atoms with Gasteiger partial charge in [0.1, 0.15) is 11.9 Å². The average Bonchev–Trinajstić information content (AvgIpc) is 2.41. The van der Waals surface area contributed by atoms with Gasteiger partial charge in [-0.1, -0.05) is 6.42 Å². The van der Waals surface area contributed by atoms with E-state index in [9.17, 15) is 9.59 Å². The Kier molecular flexibility index (Phi) is 3.15. The number of hydrogen-bond acceptors (Lipinski definition) is 3. The predicted molar refractivity (Wildman–Crippen MR) is 63.6 cm³/mol. The zero-order valence-corrected chi connectivity index (χ0v) is 10.8. The van der Waals surface area contributed by atoms with E-state index in [-0.39, 0.29) is 18.1 Å². The summed E-state index contributed by atoms with van der Waals surface area (Å²) >= 11 is 0. The summed E-state index contributed by atoms with van der Waals surface area (Å²) in [5.74, 6) is 0.370. The van der Waals surface area contributed by atoms with Gasteiger partial charge in [-0.15, -0.1) is 0 Å². The number of fused-ring (bicyclic) bond motifs is 2. The van der Waals surface area contributed by atoms with Gasteiger partial charge in [0.05, 0.1) is 0 Å². The molecule has 96 valence electrons. The standard InChI is InChI=1S/C13H21NO3/c1-13(2,3)17-12(16)14-7-9-5-4-6-11(14)10(9)8-15/h8-11H,4-7H2,1-3H3/t9-,10+,11+/m1/s1. The van der Waals surface area contributed by atoms with Crippen LogP contribution in [0.1, 0.15) is 40.0 Å². The molecule has 17 heavy (non-hydrogen) atoms. The van der Waals surface area contributed by atoms with E-state index in [0.29, 0.717) is 12.5 Å². The number of amides is 1. The van der Waals surface area contributed by atoms with Crippen LogP contribution in [0, 0.1) is 11.8 Å². The second kappa shape index (κ2) is 4.31. The molecular formula is C13H21NO3. The van der Waals surface area contributed by atoms with E-state index in [2.05, 4.69) is 0 Å². The molecule has 1 heterocycles. The number of ether oxygens (including phenoxy) is 1. The van der Waals surface area contributed by atoms with Crippen LogP contribution in [-0.2, 0) is 9.53 Å². The summed E-state index contributed by atoms with van der Waals surface area (Å²) in [5.41, 5.74) is -0.468. The van der Waals surface area contributed by atoms with Gasteiger partial charge in [-0.2, -0.15) is 0 Å². The maximum Gasteiger partial charge on any atom is 0.410 e. The number of likely N-dealkylation sites (tertiary alicyclic amines) is 1. The van der Waals surface area contributed by atoms with Gasteiger partial charge in [-0.05, 0) is 39.5 Å². The third kappa shape index (κ3) is 2.45. The minimum absolute atomic E-state index is 0.0243. The Morgan fingerprint density at radius 2 is 2.06 bits per heavy atom. The third-order valence-electron chi connectivity index (χ3n) is 3.68. The van der Waals surface area contributed by atoms with Crippen LogP contribution in [-0.4, -0.2) is 35.5 Å². The fourth-order valence-corrected chi connectivity index (χ4v) is 2.99. The Labute approximate surface area is 102 Å². The first-order valence-corrected chi connectivity index (χ1v) is 6.37. The third-order valence-corrected chi connectivity index (χ3v) is 3.68. The lowest BCUT2D eigenvalue weighted by atomic mass is 9.81. The van der Waals surface area contributed by atoms with Gasteiger partial charge in [0.15, 0.2) is 0 Å². The smallest absolute Gasteiger partial charge is 0.410 e. The van der Waals surface area contributed by atoms with Crippen molar-refractivity contribution in [2.24, 2.45) is 11.8 Å². The molecule has 0 unspecified atom stereocenters. The van der Waals surface area contributed by atoms with Crippen molar-refractivity contribution in [3.63, 3.8) is 0 Å². The van der Waals surface area contributed by atoms with Crippen LogP contribution in [0.4, 0.5) is 4.79 Å². The maximum atomic E-state index is 12.1. The van der Waals surface area contributed by atoms with Gasteiger partial charge in [-0.25, -0.2) is 4.79 Å². The molecule has 0 aromatic carbocycles. The zero-order valence-electron chi connectivity index (χ0n) is 10.8. The van der Waals surface area contributed by atoms with Gasteiger partial charge >= 0.3 is 6.09 Å². The van der Waals surface area contributed by atoms with Crippen molar-refractivity contribution in [1.82, 2.24) is 4.90 Å². The Balaban J connectivity index is 2.08. The van der Waals surface area contributed by atoms with Crippen molar-refractivity contribution in [2.75, 3.05) is 6.54 Å². The van der Waals surface area contributed by atoms with Crippen LogP contribution >= 0.6 is 0 Å². The van der Waals surface area contributed by atoms with Crippen LogP contribution in [0.3, 0.4) is 0 Å². The first kappa shape index (κ1) is 12.4. The zero-order chi connectivity index (χ0) is 12.6. The molecule has 0 radical (unpaired) electrons. The fraction of sp³-hybridized carbons (Fsp3) is 0.846. The van der Waals surface area contributed by atoms with Crippen LogP contribution < -0.4 is 0 Å². The lowest BCUT2D eigenvalue weighted by Gasteiger charge is -2.30. The lowest BCUT2D eigenvalue weighted by molar-refractivity contribution is -0.113.